The van der Waals surface area contributed by atoms with Crippen LogP contribution in [-0.4, -0.2) is 11.6 Å². The van der Waals surface area contributed by atoms with Gasteiger partial charge in [-0.05, 0) is 79.8 Å². The van der Waals surface area contributed by atoms with E-state index in [0.29, 0.717) is 11.3 Å². The quantitative estimate of drug-likeness (QED) is 0.353. The molecule has 0 heterocycles. The van der Waals surface area contributed by atoms with Crippen molar-refractivity contribution in [2.75, 3.05) is 0 Å². The fourth-order valence-corrected chi connectivity index (χ4v) is 5.13. The van der Waals surface area contributed by atoms with Crippen LogP contribution in [0.1, 0.15) is 120 Å². The summed E-state index contributed by atoms with van der Waals surface area (Å²) in [4.78, 5) is 13.2. The number of carbonyl (C=O) groups is 1. The van der Waals surface area contributed by atoms with E-state index in [1.165, 1.54) is 44.1 Å². The summed E-state index contributed by atoms with van der Waals surface area (Å²) in [5, 5.41) is 0. The number of rotatable bonds is 9. The average Bonchev–Trinajstić information content (AvgIpc) is 2.72. The summed E-state index contributed by atoms with van der Waals surface area (Å²) in [5.74, 6) is 0.634. The van der Waals surface area contributed by atoms with Gasteiger partial charge in [0.05, 0.1) is 0 Å². The van der Waals surface area contributed by atoms with Gasteiger partial charge in [0.15, 0.2) is 0 Å². The van der Waals surface area contributed by atoms with Crippen LogP contribution in [-0.2, 0) is 9.53 Å². The Morgan fingerprint density at radius 2 is 1.70 bits per heavy atom. The SMILES string of the molecule is CCC(C)(CC)CC(C1=CCC(C)C(C(=O)OC2(C)CCCCC2)=C1)C(C)(C)CC. The molecular weight excluding hydrogens is 368 g/mol. The van der Waals surface area contributed by atoms with Crippen molar-refractivity contribution in [2.24, 2.45) is 22.7 Å². The lowest BCUT2D eigenvalue weighted by molar-refractivity contribution is -0.156. The molecule has 2 aliphatic carbocycles. The number of ether oxygens (including phenoxy) is 1. The lowest BCUT2D eigenvalue weighted by Crippen LogP contribution is -2.36. The van der Waals surface area contributed by atoms with Gasteiger partial charge < -0.3 is 4.74 Å². The smallest absolute Gasteiger partial charge is 0.334 e. The monoisotopic (exact) mass is 416 g/mol. The van der Waals surface area contributed by atoms with E-state index in [0.717, 1.165) is 31.3 Å². The van der Waals surface area contributed by atoms with Gasteiger partial charge in [0.2, 0.25) is 0 Å². The minimum absolute atomic E-state index is 0.0701. The highest BCUT2D eigenvalue weighted by Gasteiger charge is 2.38. The minimum atomic E-state index is -0.275. The van der Waals surface area contributed by atoms with Crippen LogP contribution in [0.3, 0.4) is 0 Å². The Morgan fingerprint density at radius 1 is 1.10 bits per heavy atom. The predicted octanol–water partition coefficient (Wildman–Crippen LogP) is 8.41. The maximum Gasteiger partial charge on any atom is 0.334 e. The Kier molecular flexibility index (Phi) is 8.44. The zero-order valence-corrected chi connectivity index (χ0v) is 21.2. The van der Waals surface area contributed by atoms with Gasteiger partial charge >= 0.3 is 5.97 Å². The Balaban J connectivity index is 2.30. The zero-order valence-electron chi connectivity index (χ0n) is 21.2. The summed E-state index contributed by atoms with van der Waals surface area (Å²) in [5.41, 5.74) is 2.53. The second kappa shape index (κ2) is 10.0. The van der Waals surface area contributed by atoms with Crippen molar-refractivity contribution in [1.82, 2.24) is 0 Å². The van der Waals surface area contributed by atoms with Crippen molar-refractivity contribution in [1.29, 1.82) is 0 Å². The molecule has 0 radical (unpaired) electrons. The molecule has 2 atom stereocenters. The topological polar surface area (TPSA) is 26.3 Å². The van der Waals surface area contributed by atoms with Gasteiger partial charge in [0.25, 0.3) is 0 Å². The molecule has 0 amide bonds. The molecule has 172 valence electrons. The molecule has 1 fully saturated rings. The third kappa shape index (κ3) is 6.01. The molecule has 1 saturated carbocycles. The number of carbonyl (C=O) groups excluding carboxylic acids is 1. The van der Waals surface area contributed by atoms with Crippen molar-refractivity contribution in [3.63, 3.8) is 0 Å². The van der Waals surface area contributed by atoms with E-state index in [2.05, 4.69) is 67.5 Å². The lowest BCUT2D eigenvalue weighted by atomic mass is 9.63. The van der Waals surface area contributed by atoms with Crippen LogP contribution in [0.15, 0.2) is 23.3 Å². The van der Waals surface area contributed by atoms with Crippen LogP contribution in [0.4, 0.5) is 0 Å². The highest BCUT2D eigenvalue weighted by Crippen LogP contribution is 2.47. The van der Waals surface area contributed by atoms with Crippen LogP contribution in [0.5, 0.6) is 0 Å². The van der Waals surface area contributed by atoms with E-state index in [1.807, 2.05) is 0 Å². The van der Waals surface area contributed by atoms with Crippen LogP contribution in [0.2, 0.25) is 0 Å². The molecule has 2 unspecified atom stereocenters. The molecular formula is C28H48O2. The predicted molar refractivity (Wildman–Crippen MR) is 128 cm³/mol. The van der Waals surface area contributed by atoms with Crippen molar-refractivity contribution < 1.29 is 9.53 Å². The maximum atomic E-state index is 13.2. The fraction of sp³-hybridized carbons (Fsp3) is 0.821. The largest absolute Gasteiger partial charge is 0.456 e. The normalized spacial score (nSPS) is 23.4. The molecule has 0 bridgehead atoms. The van der Waals surface area contributed by atoms with Crippen molar-refractivity contribution in [3.05, 3.63) is 23.3 Å². The standard InChI is InChI=1S/C28H48O2/c1-9-26(5,6)24(20-27(7,10-2)11-3)22-16-15-21(4)23(19-22)25(29)30-28(8)17-13-12-14-18-28/h16,19,21,24H,9-15,17-18,20H2,1-8H3. The van der Waals surface area contributed by atoms with Gasteiger partial charge in [-0.3, -0.25) is 0 Å². The summed E-state index contributed by atoms with van der Waals surface area (Å²) in [6.07, 6.45) is 15.9. The van der Waals surface area contributed by atoms with Gasteiger partial charge in [-0.1, -0.05) is 80.2 Å². The molecule has 2 heteroatoms. The summed E-state index contributed by atoms with van der Waals surface area (Å²) in [6, 6.07) is 0. The Hall–Kier alpha value is -1.05. The van der Waals surface area contributed by atoms with Crippen LogP contribution in [0.25, 0.3) is 0 Å². The van der Waals surface area contributed by atoms with Crippen molar-refractivity contribution in [3.8, 4) is 0 Å². The highest BCUT2D eigenvalue weighted by atomic mass is 16.6. The third-order valence-electron chi connectivity index (χ3n) is 8.71. The number of allylic oxidation sites excluding steroid dienone is 3. The first-order valence-corrected chi connectivity index (χ1v) is 12.6. The number of hydrogen-bond acceptors (Lipinski definition) is 2. The van der Waals surface area contributed by atoms with E-state index >= 15 is 0 Å². The minimum Gasteiger partial charge on any atom is -0.456 e. The van der Waals surface area contributed by atoms with Gasteiger partial charge in [0, 0.05) is 5.57 Å². The lowest BCUT2D eigenvalue weighted by Gasteiger charge is -2.42. The van der Waals surface area contributed by atoms with Gasteiger partial charge in [-0.25, -0.2) is 4.79 Å². The fourth-order valence-electron chi connectivity index (χ4n) is 5.13. The molecule has 0 aromatic carbocycles. The third-order valence-corrected chi connectivity index (χ3v) is 8.71. The zero-order chi connectivity index (χ0) is 22.6. The molecule has 30 heavy (non-hydrogen) atoms. The van der Waals surface area contributed by atoms with E-state index < -0.39 is 0 Å². The Bertz CT molecular complexity index is 642. The van der Waals surface area contributed by atoms with Gasteiger partial charge in [-0.15, -0.1) is 0 Å². The van der Waals surface area contributed by atoms with E-state index in [9.17, 15) is 4.79 Å². The van der Waals surface area contributed by atoms with Gasteiger partial charge in [-0.2, -0.15) is 0 Å². The summed E-state index contributed by atoms with van der Waals surface area (Å²) in [6.45, 7) is 18.5. The van der Waals surface area contributed by atoms with Crippen LogP contribution in [0, 0.1) is 22.7 Å². The molecule has 0 saturated heterocycles. The van der Waals surface area contributed by atoms with Crippen molar-refractivity contribution >= 4 is 5.97 Å². The summed E-state index contributed by atoms with van der Waals surface area (Å²) < 4.78 is 6.14. The van der Waals surface area contributed by atoms with E-state index in [1.54, 1.807) is 0 Å². The van der Waals surface area contributed by atoms with E-state index in [-0.39, 0.29) is 22.9 Å². The molecule has 0 aromatic heterocycles. The van der Waals surface area contributed by atoms with E-state index in [4.69, 9.17) is 4.74 Å². The average molecular weight is 417 g/mol. The molecule has 2 aliphatic rings. The summed E-state index contributed by atoms with van der Waals surface area (Å²) in [7, 11) is 0. The number of hydrogen-bond donors (Lipinski definition) is 0. The van der Waals surface area contributed by atoms with Crippen LogP contribution >= 0.6 is 0 Å². The maximum absolute atomic E-state index is 13.2. The molecule has 0 aromatic rings. The highest BCUT2D eigenvalue weighted by molar-refractivity contribution is 5.90. The summed E-state index contributed by atoms with van der Waals surface area (Å²) >= 11 is 0. The Morgan fingerprint density at radius 3 is 2.23 bits per heavy atom. The van der Waals surface area contributed by atoms with Crippen molar-refractivity contribution in [2.45, 2.75) is 125 Å². The molecule has 2 rings (SSSR count). The second-order valence-corrected chi connectivity index (χ2v) is 11.5. The molecule has 2 nitrogen and oxygen atoms in total. The molecule has 0 spiro atoms. The Labute approximate surface area is 186 Å². The first-order chi connectivity index (χ1) is 14.0. The molecule has 0 aliphatic heterocycles. The number of esters is 1. The first-order valence-electron chi connectivity index (χ1n) is 12.6. The second-order valence-electron chi connectivity index (χ2n) is 11.5. The van der Waals surface area contributed by atoms with Crippen LogP contribution < -0.4 is 0 Å². The molecule has 0 N–H and O–H groups in total. The van der Waals surface area contributed by atoms with Gasteiger partial charge in [0.1, 0.15) is 5.60 Å². The first kappa shape index (κ1) is 25.2.